The van der Waals surface area contributed by atoms with Crippen molar-refractivity contribution in [2.75, 3.05) is 13.1 Å². The molecule has 1 amide bonds. The summed E-state index contributed by atoms with van der Waals surface area (Å²) in [6, 6.07) is -0.384. The molecular weight excluding hydrogens is 200 g/mol. The molecule has 0 radical (unpaired) electrons. The van der Waals surface area contributed by atoms with Gasteiger partial charge >= 0.3 is 0 Å². The molecule has 3 nitrogen and oxygen atoms in total. The second-order valence-corrected chi connectivity index (χ2v) is 6.53. The maximum Gasteiger partial charge on any atom is 0.240 e. The van der Waals surface area contributed by atoms with Gasteiger partial charge in [0.15, 0.2) is 0 Å². The first-order valence-electron chi connectivity index (χ1n) is 6.26. The van der Waals surface area contributed by atoms with Gasteiger partial charge in [-0.3, -0.25) is 4.79 Å². The molecule has 0 aromatic carbocycles. The van der Waals surface area contributed by atoms with Crippen LogP contribution >= 0.6 is 0 Å². The monoisotopic (exact) mass is 226 g/mol. The van der Waals surface area contributed by atoms with Gasteiger partial charge in [-0.25, -0.2) is 0 Å². The molecule has 2 N–H and O–H groups in total. The highest BCUT2D eigenvalue weighted by molar-refractivity contribution is 5.82. The van der Waals surface area contributed by atoms with Crippen LogP contribution < -0.4 is 5.73 Å². The van der Waals surface area contributed by atoms with Gasteiger partial charge in [-0.15, -0.1) is 0 Å². The average molecular weight is 226 g/mol. The standard InChI is InChI=1S/C13H26N2O/c1-9-6-10(2)8-15(7-9)12(16)11(14)13(3,4)5/h9-11H,6-8,14H2,1-5H3/t9?,10?,11-/m1/s1. The van der Waals surface area contributed by atoms with Crippen LogP contribution in [0.25, 0.3) is 0 Å². The molecule has 1 saturated heterocycles. The summed E-state index contributed by atoms with van der Waals surface area (Å²) >= 11 is 0. The van der Waals surface area contributed by atoms with Gasteiger partial charge in [0, 0.05) is 13.1 Å². The zero-order valence-corrected chi connectivity index (χ0v) is 11.3. The number of likely N-dealkylation sites (tertiary alicyclic amines) is 1. The molecule has 0 bridgehead atoms. The van der Waals surface area contributed by atoms with E-state index in [0.29, 0.717) is 11.8 Å². The van der Waals surface area contributed by atoms with E-state index in [0.717, 1.165) is 13.1 Å². The highest BCUT2D eigenvalue weighted by atomic mass is 16.2. The van der Waals surface area contributed by atoms with Gasteiger partial charge in [-0.2, -0.15) is 0 Å². The Morgan fingerprint density at radius 1 is 1.25 bits per heavy atom. The summed E-state index contributed by atoms with van der Waals surface area (Å²) in [6.45, 7) is 12.2. The number of carbonyl (C=O) groups excluding carboxylic acids is 1. The van der Waals surface area contributed by atoms with Crippen LogP contribution in [-0.4, -0.2) is 29.9 Å². The SMILES string of the molecule is CC1CC(C)CN(C(=O)[C@@H](N)C(C)(C)C)C1. The fourth-order valence-corrected chi connectivity index (χ4v) is 2.41. The summed E-state index contributed by atoms with van der Waals surface area (Å²) in [5.74, 6) is 1.31. The van der Waals surface area contributed by atoms with E-state index in [1.165, 1.54) is 6.42 Å². The number of carbonyl (C=O) groups is 1. The van der Waals surface area contributed by atoms with Crippen LogP contribution in [0.1, 0.15) is 41.0 Å². The number of amides is 1. The molecule has 2 unspecified atom stereocenters. The first kappa shape index (κ1) is 13.5. The minimum Gasteiger partial charge on any atom is -0.341 e. The van der Waals surface area contributed by atoms with Crippen molar-refractivity contribution in [2.45, 2.75) is 47.1 Å². The maximum absolute atomic E-state index is 12.2. The molecule has 16 heavy (non-hydrogen) atoms. The van der Waals surface area contributed by atoms with E-state index < -0.39 is 0 Å². The van der Waals surface area contributed by atoms with E-state index in [9.17, 15) is 4.79 Å². The van der Waals surface area contributed by atoms with Gasteiger partial charge in [-0.1, -0.05) is 34.6 Å². The Bertz CT molecular complexity index is 247. The third-order valence-electron chi connectivity index (χ3n) is 3.38. The number of hydrogen-bond acceptors (Lipinski definition) is 2. The largest absolute Gasteiger partial charge is 0.341 e. The smallest absolute Gasteiger partial charge is 0.240 e. The lowest BCUT2D eigenvalue weighted by Crippen LogP contribution is -2.53. The molecule has 1 rings (SSSR count). The fraction of sp³-hybridized carbons (Fsp3) is 0.923. The first-order chi connectivity index (χ1) is 7.21. The maximum atomic E-state index is 12.2. The molecule has 0 aliphatic carbocycles. The lowest BCUT2D eigenvalue weighted by Gasteiger charge is -2.38. The van der Waals surface area contributed by atoms with E-state index in [2.05, 4.69) is 13.8 Å². The van der Waals surface area contributed by atoms with E-state index in [4.69, 9.17) is 5.73 Å². The summed E-state index contributed by atoms with van der Waals surface area (Å²) in [4.78, 5) is 14.2. The van der Waals surface area contributed by atoms with E-state index in [1.807, 2.05) is 25.7 Å². The van der Waals surface area contributed by atoms with Crippen LogP contribution in [0.4, 0.5) is 0 Å². The van der Waals surface area contributed by atoms with Crippen LogP contribution in [0.2, 0.25) is 0 Å². The molecule has 1 fully saturated rings. The van der Waals surface area contributed by atoms with Gasteiger partial charge in [-0.05, 0) is 23.7 Å². The van der Waals surface area contributed by atoms with Gasteiger partial charge < -0.3 is 10.6 Å². The van der Waals surface area contributed by atoms with E-state index in [1.54, 1.807) is 0 Å². The van der Waals surface area contributed by atoms with Crippen LogP contribution in [0.3, 0.4) is 0 Å². The van der Waals surface area contributed by atoms with Gasteiger partial charge in [0.2, 0.25) is 5.91 Å². The minimum atomic E-state index is -0.384. The molecule has 1 heterocycles. The van der Waals surface area contributed by atoms with Crippen molar-refractivity contribution in [1.82, 2.24) is 4.90 Å². The van der Waals surface area contributed by atoms with E-state index in [-0.39, 0.29) is 17.4 Å². The molecule has 94 valence electrons. The zero-order valence-electron chi connectivity index (χ0n) is 11.3. The molecule has 0 saturated carbocycles. The summed E-state index contributed by atoms with van der Waals surface area (Å²) < 4.78 is 0. The Labute approximate surface area is 99.4 Å². The van der Waals surface area contributed by atoms with Crippen molar-refractivity contribution in [3.8, 4) is 0 Å². The highest BCUT2D eigenvalue weighted by Crippen LogP contribution is 2.24. The Morgan fingerprint density at radius 2 is 1.69 bits per heavy atom. The minimum absolute atomic E-state index is 0.117. The zero-order chi connectivity index (χ0) is 12.5. The quantitative estimate of drug-likeness (QED) is 0.742. The lowest BCUT2D eigenvalue weighted by atomic mass is 9.85. The third kappa shape index (κ3) is 3.21. The van der Waals surface area contributed by atoms with Crippen molar-refractivity contribution in [1.29, 1.82) is 0 Å². The molecular formula is C13H26N2O. The Kier molecular flexibility index (Phi) is 4.00. The summed E-state index contributed by atoms with van der Waals surface area (Å²) in [5, 5.41) is 0. The molecule has 3 heteroatoms. The van der Waals surface area contributed by atoms with Gasteiger partial charge in [0.25, 0.3) is 0 Å². The van der Waals surface area contributed by atoms with Crippen LogP contribution in [-0.2, 0) is 4.79 Å². The summed E-state index contributed by atoms with van der Waals surface area (Å²) in [7, 11) is 0. The predicted octanol–water partition coefficient (Wildman–Crippen LogP) is 1.86. The summed E-state index contributed by atoms with van der Waals surface area (Å²) in [5.41, 5.74) is 5.87. The Balaban J connectivity index is 2.67. The fourth-order valence-electron chi connectivity index (χ4n) is 2.41. The number of hydrogen-bond donors (Lipinski definition) is 1. The molecule has 3 atom stereocenters. The molecule has 0 aromatic rings. The second kappa shape index (κ2) is 4.74. The highest BCUT2D eigenvalue weighted by Gasteiger charge is 2.33. The average Bonchev–Trinajstić information content (AvgIpc) is 2.12. The first-order valence-corrected chi connectivity index (χ1v) is 6.26. The van der Waals surface area contributed by atoms with Crippen molar-refractivity contribution in [2.24, 2.45) is 23.0 Å². The molecule has 1 aliphatic heterocycles. The van der Waals surface area contributed by atoms with Gasteiger partial charge in [0.1, 0.15) is 0 Å². The molecule has 1 aliphatic rings. The van der Waals surface area contributed by atoms with Crippen LogP contribution in [0.5, 0.6) is 0 Å². The number of nitrogens with zero attached hydrogens (tertiary/aromatic N) is 1. The van der Waals surface area contributed by atoms with Crippen molar-refractivity contribution in [3.63, 3.8) is 0 Å². The number of piperidine rings is 1. The number of rotatable bonds is 1. The summed E-state index contributed by atoms with van der Waals surface area (Å²) in [6.07, 6.45) is 1.22. The normalized spacial score (nSPS) is 29.0. The topological polar surface area (TPSA) is 46.3 Å². The third-order valence-corrected chi connectivity index (χ3v) is 3.38. The molecule has 0 aromatic heterocycles. The van der Waals surface area contributed by atoms with Gasteiger partial charge in [0.05, 0.1) is 6.04 Å². The Hall–Kier alpha value is -0.570. The Morgan fingerprint density at radius 3 is 2.06 bits per heavy atom. The predicted molar refractivity (Wildman–Crippen MR) is 67.0 cm³/mol. The molecule has 0 spiro atoms. The van der Waals surface area contributed by atoms with Crippen LogP contribution in [0.15, 0.2) is 0 Å². The van der Waals surface area contributed by atoms with Crippen molar-refractivity contribution < 1.29 is 4.79 Å². The second-order valence-electron chi connectivity index (χ2n) is 6.53. The van der Waals surface area contributed by atoms with Crippen molar-refractivity contribution in [3.05, 3.63) is 0 Å². The lowest BCUT2D eigenvalue weighted by molar-refractivity contribution is -0.137. The van der Waals surface area contributed by atoms with E-state index >= 15 is 0 Å². The van der Waals surface area contributed by atoms with Crippen molar-refractivity contribution >= 4 is 5.91 Å². The van der Waals surface area contributed by atoms with Crippen LogP contribution in [0, 0.1) is 17.3 Å². The number of nitrogens with two attached hydrogens (primary N) is 1.